The van der Waals surface area contributed by atoms with Crippen molar-refractivity contribution in [1.82, 2.24) is 9.13 Å². The van der Waals surface area contributed by atoms with Crippen LogP contribution in [0.5, 0.6) is 0 Å². The molecule has 48 heavy (non-hydrogen) atoms. The third kappa shape index (κ3) is 4.26. The lowest BCUT2D eigenvalue weighted by Crippen LogP contribution is -2.31. The van der Waals surface area contributed by atoms with Crippen molar-refractivity contribution in [2.24, 2.45) is 5.92 Å². The molecule has 0 spiro atoms. The van der Waals surface area contributed by atoms with Gasteiger partial charge in [0.25, 0.3) is 0 Å². The molecule has 0 fully saturated rings. The maximum Gasteiger partial charge on any atom is 0.0541 e. The van der Waals surface area contributed by atoms with Gasteiger partial charge in [0.05, 0.1) is 16.6 Å². The largest absolute Gasteiger partial charge is 0.310 e. The molecule has 7 aromatic rings. The molecule has 0 bridgehead atoms. The Labute approximate surface area is 279 Å². The molecule has 2 unspecified atom stereocenters. The SMILES string of the molecule is C1=CC2=CC(n3c4ccccc4c4cc(-c5ccc(C6C=c7c(n(-c8ccccc8)c8ccccc78)=CC6)cc5)ccc43)=CCC2C=C1. The van der Waals surface area contributed by atoms with Crippen molar-refractivity contribution >= 4 is 50.6 Å². The Hall–Kier alpha value is -5.86. The van der Waals surface area contributed by atoms with Gasteiger partial charge in [-0.1, -0.05) is 127 Å². The Morgan fingerprint density at radius 1 is 0.542 bits per heavy atom. The molecular weight excluding hydrogens is 581 g/mol. The highest BCUT2D eigenvalue weighted by atomic mass is 15.0. The molecule has 10 rings (SSSR count). The van der Waals surface area contributed by atoms with E-state index in [1.807, 2.05) is 0 Å². The summed E-state index contributed by atoms with van der Waals surface area (Å²) in [6.07, 6.45) is 20.6. The molecule has 3 aliphatic carbocycles. The van der Waals surface area contributed by atoms with Gasteiger partial charge in [0.15, 0.2) is 0 Å². The predicted molar refractivity (Wildman–Crippen MR) is 202 cm³/mol. The third-order valence-corrected chi connectivity index (χ3v) is 10.6. The Morgan fingerprint density at radius 3 is 2.10 bits per heavy atom. The standard InChI is InChI=1S/C46H34N2/c1-2-12-37(13-3-1)47-43-16-8-6-14-39(43)41-29-35(23-26-45(41)47)32-18-20-33(21-19-32)36-24-27-46-42(30-36)40-15-7-9-17-44(40)48(46)38-25-22-31-10-4-5-11-34(31)28-38/h1-21,24-31,35H,22-23H2. The third-order valence-electron chi connectivity index (χ3n) is 10.6. The number of hydrogen-bond acceptors (Lipinski definition) is 0. The summed E-state index contributed by atoms with van der Waals surface area (Å²) < 4.78 is 4.86. The van der Waals surface area contributed by atoms with Crippen LogP contribution in [0.25, 0.3) is 67.4 Å². The maximum absolute atomic E-state index is 2.49. The number of allylic oxidation sites excluding steroid dienone is 8. The number of rotatable bonds is 4. The average molecular weight is 615 g/mol. The van der Waals surface area contributed by atoms with Crippen LogP contribution in [-0.4, -0.2) is 9.13 Å². The molecule has 0 radical (unpaired) electrons. The van der Waals surface area contributed by atoms with E-state index in [-0.39, 0.29) is 0 Å². The first-order chi connectivity index (χ1) is 23.8. The summed E-state index contributed by atoms with van der Waals surface area (Å²) in [4.78, 5) is 0. The second kappa shape index (κ2) is 10.9. The molecule has 2 atom stereocenters. The van der Waals surface area contributed by atoms with Gasteiger partial charge in [-0.3, -0.25) is 0 Å². The zero-order chi connectivity index (χ0) is 31.6. The first kappa shape index (κ1) is 27.3. The van der Waals surface area contributed by atoms with Gasteiger partial charge in [-0.05, 0) is 77.6 Å². The van der Waals surface area contributed by atoms with Crippen molar-refractivity contribution in [3.63, 3.8) is 0 Å². The second-order valence-electron chi connectivity index (χ2n) is 13.3. The lowest BCUT2D eigenvalue weighted by Gasteiger charge is -2.22. The van der Waals surface area contributed by atoms with E-state index in [4.69, 9.17) is 0 Å². The number of para-hydroxylation sites is 3. The van der Waals surface area contributed by atoms with Crippen LogP contribution in [0.4, 0.5) is 0 Å². The molecule has 2 nitrogen and oxygen atoms in total. The fraction of sp³-hybridized carbons (Fsp3) is 0.0870. The summed E-state index contributed by atoms with van der Waals surface area (Å²) >= 11 is 0. The molecule has 2 heteroatoms. The summed E-state index contributed by atoms with van der Waals surface area (Å²) in [5, 5.41) is 6.55. The lowest BCUT2D eigenvalue weighted by atomic mass is 9.87. The van der Waals surface area contributed by atoms with Crippen LogP contribution in [0.1, 0.15) is 24.3 Å². The summed E-state index contributed by atoms with van der Waals surface area (Å²) in [5.74, 6) is 0.830. The van der Waals surface area contributed by atoms with E-state index in [0.29, 0.717) is 11.8 Å². The Balaban J connectivity index is 1.02. The van der Waals surface area contributed by atoms with Crippen molar-refractivity contribution in [3.05, 3.63) is 179 Å². The zero-order valence-corrected chi connectivity index (χ0v) is 26.6. The van der Waals surface area contributed by atoms with E-state index in [1.165, 1.54) is 76.9 Å². The van der Waals surface area contributed by atoms with E-state index in [9.17, 15) is 0 Å². The normalized spacial score (nSPS) is 18.2. The van der Waals surface area contributed by atoms with Crippen LogP contribution in [0.15, 0.2) is 163 Å². The van der Waals surface area contributed by atoms with Gasteiger partial charge in [0.2, 0.25) is 0 Å². The number of benzene rings is 5. The lowest BCUT2D eigenvalue weighted by molar-refractivity contribution is 0.777. The van der Waals surface area contributed by atoms with Crippen LogP contribution in [0.3, 0.4) is 0 Å². The van der Waals surface area contributed by atoms with Crippen LogP contribution >= 0.6 is 0 Å². The van der Waals surface area contributed by atoms with E-state index in [0.717, 1.165) is 12.8 Å². The van der Waals surface area contributed by atoms with Crippen LogP contribution in [0, 0.1) is 5.92 Å². The highest BCUT2D eigenvalue weighted by molar-refractivity contribution is 6.11. The quantitative estimate of drug-likeness (QED) is 0.187. The minimum Gasteiger partial charge on any atom is -0.310 e. The van der Waals surface area contributed by atoms with Crippen molar-refractivity contribution in [2.45, 2.75) is 18.8 Å². The predicted octanol–water partition coefficient (Wildman–Crippen LogP) is 10.1. The minimum absolute atomic E-state index is 0.342. The molecule has 0 aliphatic heterocycles. The smallest absolute Gasteiger partial charge is 0.0541 e. The van der Waals surface area contributed by atoms with Crippen LogP contribution in [0.2, 0.25) is 0 Å². The van der Waals surface area contributed by atoms with Gasteiger partial charge in [0, 0.05) is 49.9 Å². The van der Waals surface area contributed by atoms with E-state index < -0.39 is 0 Å². The first-order valence-electron chi connectivity index (χ1n) is 17.1. The molecule has 228 valence electrons. The highest BCUT2D eigenvalue weighted by Crippen LogP contribution is 2.38. The Bertz CT molecular complexity index is 2650. The molecule has 0 N–H and O–H groups in total. The van der Waals surface area contributed by atoms with E-state index in [1.54, 1.807) is 0 Å². The monoisotopic (exact) mass is 614 g/mol. The number of aromatic nitrogens is 2. The molecule has 2 heterocycles. The van der Waals surface area contributed by atoms with Gasteiger partial charge in [0.1, 0.15) is 0 Å². The van der Waals surface area contributed by atoms with Crippen molar-refractivity contribution in [3.8, 4) is 16.8 Å². The fourth-order valence-electron chi connectivity index (χ4n) is 8.21. The molecule has 5 aromatic carbocycles. The highest BCUT2D eigenvalue weighted by Gasteiger charge is 2.20. The topological polar surface area (TPSA) is 9.86 Å². The summed E-state index contributed by atoms with van der Waals surface area (Å²) in [6.45, 7) is 0. The second-order valence-corrected chi connectivity index (χ2v) is 13.3. The van der Waals surface area contributed by atoms with E-state index in [2.05, 4.69) is 179 Å². The molecular formula is C46H34N2. The minimum atomic E-state index is 0.342. The Morgan fingerprint density at radius 2 is 1.25 bits per heavy atom. The van der Waals surface area contributed by atoms with Gasteiger partial charge in [-0.2, -0.15) is 0 Å². The molecule has 2 aromatic heterocycles. The molecule has 3 aliphatic rings. The van der Waals surface area contributed by atoms with Crippen LogP contribution in [-0.2, 0) is 0 Å². The van der Waals surface area contributed by atoms with Gasteiger partial charge in [-0.15, -0.1) is 0 Å². The number of hydrogen-bond donors (Lipinski definition) is 0. The van der Waals surface area contributed by atoms with Gasteiger partial charge < -0.3 is 9.13 Å². The summed E-state index contributed by atoms with van der Waals surface area (Å²) in [7, 11) is 0. The zero-order valence-electron chi connectivity index (χ0n) is 26.6. The van der Waals surface area contributed by atoms with Crippen molar-refractivity contribution in [1.29, 1.82) is 0 Å². The van der Waals surface area contributed by atoms with Gasteiger partial charge >= 0.3 is 0 Å². The average Bonchev–Trinajstić information content (AvgIpc) is 3.67. The fourth-order valence-corrected chi connectivity index (χ4v) is 8.21. The van der Waals surface area contributed by atoms with Crippen molar-refractivity contribution < 1.29 is 0 Å². The summed E-state index contributed by atoms with van der Waals surface area (Å²) in [5.41, 5.74) is 11.5. The van der Waals surface area contributed by atoms with Crippen molar-refractivity contribution in [2.75, 3.05) is 0 Å². The number of nitrogens with zero attached hydrogens (tertiary/aromatic N) is 2. The Kier molecular flexibility index (Phi) is 6.17. The van der Waals surface area contributed by atoms with E-state index >= 15 is 0 Å². The number of fused-ring (bicyclic) bond motifs is 7. The first-order valence-corrected chi connectivity index (χ1v) is 17.1. The van der Waals surface area contributed by atoms with Gasteiger partial charge in [-0.25, -0.2) is 0 Å². The molecule has 0 amide bonds. The van der Waals surface area contributed by atoms with Crippen LogP contribution < -0.4 is 10.6 Å². The molecule has 0 saturated carbocycles. The summed E-state index contributed by atoms with van der Waals surface area (Å²) in [6, 6.07) is 44.6. The maximum atomic E-state index is 2.49. The molecule has 0 saturated heterocycles.